The number of hydrogen-bond donors (Lipinski definition) is 0. The summed E-state index contributed by atoms with van der Waals surface area (Å²) in [5.74, 6) is -0.730. The van der Waals surface area contributed by atoms with Gasteiger partial charge in [0.15, 0.2) is 0 Å². The van der Waals surface area contributed by atoms with E-state index in [9.17, 15) is 9.59 Å². The predicted molar refractivity (Wildman–Crippen MR) is 134 cm³/mol. The Labute approximate surface area is 206 Å². The molecule has 1 aromatic carbocycles. The molecule has 34 heavy (non-hydrogen) atoms. The van der Waals surface area contributed by atoms with Crippen molar-refractivity contribution >= 4 is 12.1 Å². The van der Waals surface area contributed by atoms with Crippen LogP contribution in [0.2, 0.25) is 0 Å². The molecule has 0 aliphatic heterocycles. The van der Waals surface area contributed by atoms with Crippen molar-refractivity contribution in [2.24, 2.45) is 0 Å². The van der Waals surface area contributed by atoms with E-state index >= 15 is 0 Å². The summed E-state index contributed by atoms with van der Waals surface area (Å²) in [6, 6.07) is 5.25. The maximum atomic E-state index is 11.9. The van der Waals surface area contributed by atoms with Gasteiger partial charge >= 0.3 is 12.1 Å². The molecule has 0 spiro atoms. The van der Waals surface area contributed by atoms with E-state index in [2.05, 4.69) is 21.7 Å². The van der Waals surface area contributed by atoms with E-state index in [0.717, 1.165) is 30.4 Å². The first kappa shape index (κ1) is 30.0. The molecule has 0 fully saturated rings. The van der Waals surface area contributed by atoms with Crippen LogP contribution >= 0.6 is 0 Å². The molecular weight excluding hydrogens is 432 g/mol. The molecule has 0 saturated carbocycles. The minimum Gasteiger partial charge on any atom is -0.432 e. The van der Waals surface area contributed by atoms with Gasteiger partial charge in [0.05, 0.1) is 17.2 Å². The Morgan fingerprint density at radius 1 is 0.676 bits per heavy atom. The molecular formula is C28H46O6. The molecule has 0 atom stereocenters. The molecule has 194 valence electrons. The molecule has 0 heterocycles. The lowest BCUT2D eigenvalue weighted by atomic mass is 10.0. The minimum absolute atomic E-state index is 0.256. The van der Waals surface area contributed by atoms with Crippen molar-refractivity contribution in [3.05, 3.63) is 34.9 Å². The summed E-state index contributed by atoms with van der Waals surface area (Å²) in [5.41, 5.74) is 2.08. The fourth-order valence-corrected chi connectivity index (χ4v) is 3.92. The zero-order valence-corrected chi connectivity index (χ0v) is 21.7. The van der Waals surface area contributed by atoms with Crippen molar-refractivity contribution < 1.29 is 29.1 Å². The van der Waals surface area contributed by atoms with Crippen LogP contribution < -0.4 is 0 Å². The number of rotatable bonds is 20. The number of unbranched alkanes of at least 4 members (excludes halogenated alkanes) is 15. The van der Waals surface area contributed by atoms with Crippen molar-refractivity contribution in [3.8, 4) is 0 Å². The van der Waals surface area contributed by atoms with Crippen molar-refractivity contribution in [1.29, 1.82) is 0 Å². The molecule has 6 heteroatoms. The van der Waals surface area contributed by atoms with Gasteiger partial charge in [-0.1, -0.05) is 115 Å². The van der Waals surface area contributed by atoms with Gasteiger partial charge in [-0.15, -0.1) is 0 Å². The van der Waals surface area contributed by atoms with Crippen LogP contribution in [0.3, 0.4) is 0 Å². The van der Waals surface area contributed by atoms with Crippen LogP contribution in [0, 0.1) is 13.8 Å². The lowest BCUT2D eigenvalue weighted by Crippen LogP contribution is -2.13. The molecule has 0 radical (unpaired) electrons. The summed E-state index contributed by atoms with van der Waals surface area (Å²) in [4.78, 5) is 32.3. The number of carbonyl (C=O) groups excluding carboxylic acids is 2. The Morgan fingerprint density at radius 3 is 1.71 bits per heavy atom. The summed E-state index contributed by atoms with van der Waals surface area (Å²) in [6.07, 6.45) is 19.6. The maximum absolute atomic E-state index is 11.9. The number of carbonyl (C=O) groups is 2. The number of benzene rings is 1. The Kier molecular flexibility index (Phi) is 17.9. The van der Waals surface area contributed by atoms with Crippen LogP contribution in [0.5, 0.6) is 0 Å². The van der Waals surface area contributed by atoms with Crippen molar-refractivity contribution in [1.82, 2.24) is 0 Å². The molecule has 1 aromatic rings. The van der Waals surface area contributed by atoms with Crippen molar-refractivity contribution in [2.75, 3.05) is 6.61 Å². The van der Waals surface area contributed by atoms with Crippen LogP contribution in [0.25, 0.3) is 0 Å². The number of aryl methyl sites for hydroxylation is 1. The number of hydrogen-bond acceptors (Lipinski definition) is 6. The summed E-state index contributed by atoms with van der Waals surface area (Å²) < 4.78 is 4.91. The standard InChI is InChI=1S/C28H46O6/c1-4-5-6-7-8-9-10-11-12-13-14-15-16-17-18-19-23-31-28(30)33-34-32-27(29)26-22-20-21-24(2)25(26)3/h20-22H,4-19,23H2,1-3H3. The van der Waals surface area contributed by atoms with Crippen LogP contribution in [0.4, 0.5) is 4.79 Å². The Hall–Kier alpha value is -2.08. The SMILES string of the molecule is CCCCCCCCCCCCCCCCCCOC(=O)OOOC(=O)c1cccc(C)c1C. The predicted octanol–water partition coefficient (Wildman–Crippen LogP) is 8.72. The monoisotopic (exact) mass is 478 g/mol. The highest BCUT2D eigenvalue weighted by atomic mass is 17.5. The minimum atomic E-state index is -1.02. The third kappa shape index (κ3) is 14.9. The van der Waals surface area contributed by atoms with E-state index in [1.165, 1.54) is 83.5 Å². The van der Waals surface area contributed by atoms with E-state index < -0.39 is 12.1 Å². The Balaban J connectivity index is 1.86. The second-order valence-electron chi connectivity index (χ2n) is 9.17. The molecule has 0 bridgehead atoms. The highest BCUT2D eigenvalue weighted by Crippen LogP contribution is 2.15. The van der Waals surface area contributed by atoms with Gasteiger partial charge in [-0.25, -0.2) is 14.5 Å². The normalized spacial score (nSPS) is 10.8. The van der Waals surface area contributed by atoms with Gasteiger partial charge in [-0.2, -0.15) is 0 Å². The maximum Gasteiger partial charge on any atom is 0.543 e. The fourth-order valence-electron chi connectivity index (χ4n) is 3.92. The van der Waals surface area contributed by atoms with Crippen molar-refractivity contribution in [2.45, 2.75) is 124 Å². The molecule has 1 rings (SSSR count). The van der Waals surface area contributed by atoms with Crippen LogP contribution in [-0.2, 0) is 19.6 Å². The van der Waals surface area contributed by atoms with E-state index in [-0.39, 0.29) is 6.61 Å². The highest BCUT2D eigenvalue weighted by molar-refractivity contribution is 5.90. The van der Waals surface area contributed by atoms with E-state index in [4.69, 9.17) is 4.74 Å². The first-order valence-electron chi connectivity index (χ1n) is 13.3. The zero-order valence-electron chi connectivity index (χ0n) is 21.7. The third-order valence-corrected chi connectivity index (χ3v) is 6.25. The Morgan fingerprint density at radius 2 is 1.18 bits per heavy atom. The fraction of sp³-hybridized carbons (Fsp3) is 0.714. The lowest BCUT2D eigenvalue weighted by Gasteiger charge is -2.07. The molecule has 0 unspecified atom stereocenters. The van der Waals surface area contributed by atoms with Gasteiger partial charge in [0.2, 0.25) is 0 Å². The molecule has 0 aliphatic rings. The summed E-state index contributed by atoms with van der Waals surface area (Å²) >= 11 is 0. The Bertz CT molecular complexity index is 673. The lowest BCUT2D eigenvalue weighted by molar-refractivity contribution is -0.452. The van der Waals surface area contributed by atoms with Gasteiger partial charge in [-0.05, 0) is 37.5 Å². The molecule has 0 N–H and O–H groups in total. The smallest absolute Gasteiger partial charge is 0.432 e. The van der Waals surface area contributed by atoms with E-state index in [0.29, 0.717) is 5.56 Å². The van der Waals surface area contributed by atoms with Gasteiger partial charge in [0.25, 0.3) is 0 Å². The average molecular weight is 479 g/mol. The molecule has 6 nitrogen and oxygen atoms in total. The van der Waals surface area contributed by atoms with Crippen molar-refractivity contribution in [3.63, 3.8) is 0 Å². The molecule has 0 aromatic heterocycles. The van der Waals surface area contributed by atoms with Crippen LogP contribution in [0.15, 0.2) is 18.2 Å². The molecule has 0 aliphatic carbocycles. The number of ether oxygens (including phenoxy) is 1. The van der Waals surface area contributed by atoms with Gasteiger partial charge in [0.1, 0.15) is 0 Å². The third-order valence-electron chi connectivity index (χ3n) is 6.25. The summed E-state index contributed by atoms with van der Waals surface area (Å²) in [6.45, 7) is 6.21. The van der Waals surface area contributed by atoms with Gasteiger partial charge < -0.3 is 4.74 Å². The average Bonchev–Trinajstić information content (AvgIpc) is 2.82. The first-order valence-corrected chi connectivity index (χ1v) is 13.3. The first-order chi connectivity index (χ1) is 16.6. The molecule has 0 saturated heterocycles. The molecule has 0 amide bonds. The second-order valence-corrected chi connectivity index (χ2v) is 9.17. The van der Waals surface area contributed by atoms with E-state index in [1.807, 2.05) is 13.0 Å². The zero-order chi connectivity index (χ0) is 24.9. The quantitative estimate of drug-likeness (QED) is 0.0807. The largest absolute Gasteiger partial charge is 0.543 e. The summed E-state index contributed by atoms with van der Waals surface area (Å²) in [5, 5.41) is 4.27. The van der Waals surface area contributed by atoms with Gasteiger partial charge in [-0.3, -0.25) is 4.89 Å². The van der Waals surface area contributed by atoms with E-state index in [1.54, 1.807) is 19.1 Å². The summed E-state index contributed by atoms with van der Waals surface area (Å²) in [7, 11) is 0. The van der Waals surface area contributed by atoms with Crippen LogP contribution in [0.1, 0.15) is 131 Å². The highest BCUT2D eigenvalue weighted by Gasteiger charge is 2.15. The topological polar surface area (TPSA) is 71.1 Å². The van der Waals surface area contributed by atoms with Gasteiger partial charge in [0, 0.05) is 0 Å². The van der Waals surface area contributed by atoms with Crippen LogP contribution in [-0.4, -0.2) is 18.7 Å². The second kappa shape index (κ2) is 20.3.